The van der Waals surface area contributed by atoms with Gasteiger partial charge in [0, 0.05) is 11.4 Å². The fraction of sp³-hybridized carbons (Fsp3) is 0.826. The molecule has 0 aromatic rings. The predicted octanol–water partition coefficient (Wildman–Crippen LogP) is 7.20. The molecule has 0 aromatic carbocycles. The van der Waals surface area contributed by atoms with Crippen molar-refractivity contribution in [3.05, 3.63) is 12.3 Å². The first-order valence-electron chi connectivity index (χ1n) is 10.8. The summed E-state index contributed by atoms with van der Waals surface area (Å²) in [6.07, 6.45) is 17.9. The highest BCUT2D eigenvalue weighted by atomic mass is 14.9. The molecule has 0 radical (unpaired) electrons. The van der Waals surface area contributed by atoms with Crippen LogP contribution < -0.4 is 0 Å². The first-order chi connectivity index (χ1) is 12.1. The van der Waals surface area contributed by atoms with Crippen LogP contribution in [0.2, 0.25) is 0 Å². The van der Waals surface area contributed by atoms with Crippen LogP contribution in [0.25, 0.3) is 0 Å². The Kier molecular flexibility index (Phi) is 8.92. The highest BCUT2D eigenvalue weighted by Crippen LogP contribution is 2.35. The Morgan fingerprint density at radius 1 is 1.04 bits per heavy atom. The molecule has 2 rings (SSSR count). The molecular formula is C23H40N2. The van der Waals surface area contributed by atoms with Crippen molar-refractivity contribution in [1.82, 2.24) is 0 Å². The summed E-state index contributed by atoms with van der Waals surface area (Å²) in [6, 6.07) is 0. The van der Waals surface area contributed by atoms with Gasteiger partial charge in [-0.05, 0) is 62.7 Å². The van der Waals surface area contributed by atoms with Crippen LogP contribution in [-0.2, 0) is 0 Å². The third kappa shape index (κ3) is 7.46. The molecule has 2 atom stereocenters. The molecule has 0 amide bonds. The second kappa shape index (κ2) is 10.9. The Hall–Kier alpha value is -0.920. The largest absolute Gasteiger partial charge is 0.246 e. The van der Waals surface area contributed by atoms with Crippen LogP contribution in [0.4, 0.5) is 0 Å². The number of hydrogen-bond acceptors (Lipinski definition) is 1. The van der Waals surface area contributed by atoms with Crippen LogP contribution >= 0.6 is 0 Å². The molecule has 2 aliphatic carbocycles. The number of rotatable bonds is 9. The standard InChI is InChI=1S/C23H40N2/c1-5-6-9-21-11-13-22(14-12-21)15-19(3)24-17-25-20(4)16-23-10-7-8-18(23)2/h17-18,21-23H,3,5-16H2,1-2,4H3. The van der Waals surface area contributed by atoms with Gasteiger partial charge in [0.05, 0.1) is 0 Å². The van der Waals surface area contributed by atoms with E-state index in [0.29, 0.717) is 0 Å². The van der Waals surface area contributed by atoms with Crippen molar-refractivity contribution in [1.29, 1.82) is 0 Å². The third-order valence-electron chi connectivity index (χ3n) is 6.57. The molecule has 0 spiro atoms. The van der Waals surface area contributed by atoms with Crippen molar-refractivity contribution in [3.8, 4) is 0 Å². The Morgan fingerprint density at radius 3 is 2.40 bits per heavy atom. The monoisotopic (exact) mass is 344 g/mol. The molecular weight excluding hydrogens is 304 g/mol. The maximum Gasteiger partial charge on any atom is 0.115 e. The lowest BCUT2D eigenvalue weighted by Crippen LogP contribution is -2.14. The van der Waals surface area contributed by atoms with Gasteiger partial charge >= 0.3 is 0 Å². The zero-order valence-corrected chi connectivity index (χ0v) is 17.0. The van der Waals surface area contributed by atoms with Crippen molar-refractivity contribution in [2.24, 2.45) is 33.7 Å². The summed E-state index contributed by atoms with van der Waals surface area (Å²) in [5, 5.41) is 0. The highest BCUT2D eigenvalue weighted by molar-refractivity contribution is 5.88. The molecule has 2 aliphatic rings. The van der Waals surface area contributed by atoms with E-state index in [9.17, 15) is 0 Å². The zero-order chi connectivity index (χ0) is 18.1. The lowest BCUT2D eigenvalue weighted by Gasteiger charge is -2.28. The maximum absolute atomic E-state index is 4.57. The molecule has 2 nitrogen and oxygen atoms in total. The predicted molar refractivity (Wildman–Crippen MR) is 111 cm³/mol. The van der Waals surface area contributed by atoms with E-state index in [1.165, 1.54) is 69.9 Å². The van der Waals surface area contributed by atoms with E-state index >= 15 is 0 Å². The second-order valence-electron chi connectivity index (χ2n) is 8.78. The molecule has 0 aliphatic heterocycles. The van der Waals surface area contributed by atoms with Gasteiger partial charge in [-0.1, -0.05) is 65.4 Å². The first kappa shape index (κ1) is 20.4. The second-order valence-corrected chi connectivity index (χ2v) is 8.78. The van der Waals surface area contributed by atoms with Crippen LogP contribution in [-0.4, -0.2) is 12.1 Å². The summed E-state index contributed by atoms with van der Waals surface area (Å²) in [7, 11) is 0. The highest BCUT2D eigenvalue weighted by Gasteiger charge is 2.23. The van der Waals surface area contributed by atoms with Crippen LogP contribution in [0.1, 0.15) is 97.8 Å². The third-order valence-corrected chi connectivity index (χ3v) is 6.57. The van der Waals surface area contributed by atoms with Gasteiger partial charge in [0.1, 0.15) is 6.34 Å². The van der Waals surface area contributed by atoms with E-state index in [4.69, 9.17) is 0 Å². The summed E-state index contributed by atoms with van der Waals surface area (Å²) < 4.78 is 0. The maximum atomic E-state index is 4.57. The number of aliphatic imine (C=N–C) groups is 2. The van der Waals surface area contributed by atoms with Gasteiger partial charge in [-0.15, -0.1) is 0 Å². The first-order valence-corrected chi connectivity index (χ1v) is 10.8. The van der Waals surface area contributed by atoms with Crippen LogP contribution in [0.15, 0.2) is 22.3 Å². The zero-order valence-electron chi connectivity index (χ0n) is 17.0. The molecule has 0 heterocycles. The van der Waals surface area contributed by atoms with Crippen LogP contribution in [0.5, 0.6) is 0 Å². The van der Waals surface area contributed by atoms with Crippen molar-refractivity contribution in [2.75, 3.05) is 0 Å². The van der Waals surface area contributed by atoms with Gasteiger partial charge in [0.15, 0.2) is 0 Å². The minimum absolute atomic E-state index is 0.798. The van der Waals surface area contributed by atoms with E-state index < -0.39 is 0 Å². The van der Waals surface area contributed by atoms with Gasteiger partial charge in [0.25, 0.3) is 0 Å². The van der Waals surface area contributed by atoms with Gasteiger partial charge in [-0.3, -0.25) is 0 Å². The molecule has 25 heavy (non-hydrogen) atoms. The Balaban J connectivity index is 1.66. The van der Waals surface area contributed by atoms with Crippen molar-refractivity contribution >= 4 is 12.1 Å². The molecule has 0 N–H and O–H groups in total. The molecule has 2 saturated carbocycles. The fourth-order valence-corrected chi connectivity index (χ4v) is 4.77. The van der Waals surface area contributed by atoms with Crippen LogP contribution in [0.3, 0.4) is 0 Å². The van der Waals surface area contributed by atoms with Crippen molar-refractivity contribution in [2.45, 2.75) is 97.8 Å². The molecule has 0 aromatic heterocycles. The minimum Gasteiger partial charge on any atom is -0.246 e. The normalized spacial score (nSPS) is 30.9. The fourth-order valence-electron chi connectivity index (χ4n) is 4.77. The lowest BCUT2D eigenvalue weighted by molar-refractivity contribution is 0.258. The Labute approximate surface area is 156 Å². The summed E-state index contributed by atoms with van der Waals surface area (Å²) in [5.74, 6) is 3.48. The van der Waals surface area contributed by atoms with E-state index in [2.05, 4.69) is 37.3 Å². The van der Waals surface area contributed by atoms with Crippen LogP contribution in [0, 0.1) is 23.7 Å². The summed E-state index contributed by atoms with van der Waals surface area (Å²) in [4.78, 5) is 9.08. The van der Waals surface area contributed by atoms with Gasteiger partial charge in [0.2, 0.25) is 0 Å². The van der Waals surface area contributed by atoms with Gasteiger partial charge in [-0.25, -0.2) is 9.98 Å². The molecule has 2 heteroatoms. The SMILES string of the molecule is C=C(CC1CCC(CCCC)CC1)N=CN=C(C)CC1CCCC1C. The van der Waals surface area contributed by atoms with Crippen molar-refractivity contribution in [3.63, 3.8) is 0 Å². The minimum atomic E-state index is 0.798. The number of nitrogens with zero attached hydrogens (tertiary/aromatic N) is 2. The molecule has 142 valence electrons. The number of hydrogen-bond donors (Lipinski definition) is 0. The lowest BCUT2D eigenvalue weighted by atomic mass is 9.78. The Bertz CT molecular complexity index is 455. The summed E-state index contributed by atoms with van der Waals surface area (Å²) >= 11 is 0. The molecule has 0 saturated heterocycles. The molecule has 0 bridgehead atoms. The topological polar surface area (TPSA) is 24.7 Å². The smallest absolute Gasteiger partial charge is 0.115 e. The van der Waals surface area contributed by atoms with E-state index in [0.717, 1.165) is 42.2 Å². The van der Waals surface area contributed by atoms with E-state index in [-0.39, 0.29) is 0 Å². The average Bonchev–Trinajstić information content (AvgIpc) is 2.99. The van der Waals surface area contributed by atoms with E-state index in [1.54, 1.807) is 6.34 Å². The Morgan fingerprint density at radius 2 is 1.76 bits per heavy atom. The number of allylic oxidation sites excluding steroid dienone is 1. The van der Waals surface area contributed by atoms with Gasteiger partial charge < -0.3 is 0 Å². The summed E-state index contributed by atoms with van der Waals surface area (Å²) in [6.45, 7) is 11.0. The summed E-state index contributed by atoms with van der Waals surface area (Å²) in [5.41, 5.74) is 2.24. The molecule has 2 unspecified atom stereocenters. The average molecular weight is 345 g/mol. The van der Waals surface area contributed by atoms with Gasteiger partial charge in [-0.2, -0.15) is 0 Å². The number of unbranched alkanes of at least 4 members (excludes halogenated alkanes) is 1. The van der Waals surface area contributed by atoms with Crippen molar-refractivity contribution < 1.29 is 0 Å². The van der Waals surface area contributed by atoms with E-state index in [1.807, 2.05) is 0 Å². The quantitative estimate of drug-likeness (QED) is 0.312. The molecule has 2 fully saturated rings.